The summed E-state index contributed by atoms with van der Waals surface area (Å²) in [4.78, 5) is 0. The Morgan fingerprint density at radius 3 is 2.53 bits per heavy atom. The second-order valence-electron chi connectivity index (χ2n) is 2.72. The summed E-state index contributed by atoms with van der Waals surface area (Å²) in [5.74, 6) is 0. The summed E-state index contributed by atoms with van der Waals surface area (Å²) in [6, 6.07) is 9.31. The third-order valence-electron chi connectivity index (χ3n) is 1.73. The Bertz CT molecular complexity index is 407. The van der Waals surface area contributed by atoms with E-state index in [1.165, 1.54) is 0 Å². The molecule has 2 nitrogen and oxygen atoms in total. The van der Waals surface area contributed by atoms with Crippen LogP contribution >= 0.6 is 0 Å². The molecule has 0 aliphatic rings. The molecule has 1 aromatic carbocycles. The van der Waals surface area contributed by atoms with Crippen LogP contribution in [0.1, 0.15) is 5.56 Å². The first-order valence-corrected chi connectivity index (χ1v) is 4.85. The van der Waals surface area contributed by atoms with Gasteiger partial charge in [-0.1, -0.05) is 0 Å². The van der Waals surface area contributed by atoms with Gasteiger partial charge in [-0.2, -0.15) is 0 Å². The molecule has 3 heteroatoms. The van der Waals surface area contributed by atoms with Crippen molar-refractivity contribution in [3.05, 3.63) is 60.7 Å². The van der Waals surface area contributed by atoms with E-state index >= 15 is 0 Å². The van der Waals surface area contributed by atoms with Crippen molar-refractivity contribution < 1.29 is 20.2 Å². The van der Waals surface area contributed by atoms with Gasteiger partial charge in [0.1, 0.15) is 0 Å². The van der Waals surface area contributed by atoms with E-state index in [9.17, 15) is 0 Å². The van der Waals surface area contributed by atoms with Gasteiger partial charge in [0.15, 0.2) is 0 Å². The molecule has 0 saturated carbocycles. The zero-order chi connectivity index (χ0) is 11.1. The molecule has 1 N–H and O–H groups in total. The van der Waals surface area contributed by atoms with Gasteiger partial charge in [-0.05, 0) is 0 Å². The van der Waals surface area contributed by atoms with E-state index in [0.29, 0.717) is 10.2 Å². The monoisotopic (exact) mass is 243 g/mol. The Morgan fingerprint density at radius 2 is 2.00 bits per heavy atom. The molecular formula is C12H11NNiO. The van der Waals surface area contributed by atoms with Crippen LogP contribution in [0.2, 0.25) is 0 Å². The van der Waals surface area contributed by atoms with Gasteiger partial charge in [-0.3, -0.25) is 0 Å². The predicted molar refractivity (Wildman–Crippen MR) is 59.1 cm³/mol. The number of oxime groups is 1. The molecule has 0 fully saturated rings. The Labute approximate surface area is 96.5 Å². The molecule has 0 radical (unpaired) electrons. The van der Waals surface area contributed by atoms with Gasteiger partial charge in [-0.25, -0.2) is 0 Å². The van der Waals surface area contributed by atoms with Crippen molar-refractivity contribution >= 4 is 10.2 Å². The molecule has 0 bridgehead atoms. The fourth-order valence-electron chi connectivity index (χ4n) is 1.05. The van der Waals surface area contributed by atoms with Crippen molar-refractivity contribution in [1.82, 2.24) is 0 Å². The number of rotatable bonds is 4. The fourth-order valence-corrected chi connectivity index (χ4v) is 1.34. The van der Waals surface area contributed by atoms with Gasteiger partial charge in [0.05, 0.1) is 0 Å². The van der Waals surface area contributed by atoms with Crippen molar-refractivity contribution in [2.45, 2.75) is 0 Å². The van der Waals surface area contributed by atoms with Crippen LogP contribution in [0.15, 0.2) is 60.3 Å². The molecule has 0 aliphatic carbocycles. The number of hydrogen-bond donors (Lipinski definition) is 1. The molecule has 0 heterocycles. The molecule has 1 aromatic rings. The predicted octanol–water partition coefficient (Wildman–Crippen LogP) is 2.33. The minimum absolute atomic E-state index is 0.411. The van der Waals surface area contributed by atoms with Crippen LogP contribution < -0.4 is 0 Å². The minimum atomic E-state index is 0.411. The van der Waals surface area contributed by atoms with Crippen molar-refractivity contribution in [1.29, 1.82) is 0 Å². The van der Waals surface area contributed by atoms with Crippen LogP contribution in [-0.4, -0.2) is 15.4 Å². The zero-order valence-corrected chi connectivity index (χ0v) is 9.02. The van der Waals surface area contributed by atoms with Crippen molar-refractivity contribution in [2.24, 2.45) is 5.16 Å². The molecule has 0 saturated heterocycles. The van der Waals surface area contributed by atoms with Crippen LogP contribution in [0.5, 0.6) is 0 Å². The molecule has 1 rings (SSSR count). The SMILES string of the molecule is C=C/C=C\[C](=[Ni])/C(=N/O)c1ccccc1. The second kappa shape index (κ2) is 6.10. The first-order valence-electron chi connectivity index (χ1n) is 4.36. The molecule has 0 amide bonds. The first kappa shape index (κ1) is 11.6. The molecule has 0 spiro atoms. The van der Waals surface area contributed by atoms with Gasteiger partial charge >= 0.3 is 96.3 Å². The third kappa shape index (κ3) is 3.30. The Morgan fingerprint density at radius 1 is 1.33 bits per heavy atom. The average Bonchev–Trinajstić information content (AvgIpc) is 2.29. The molecule has 80 valence electrons. The van der Waals surface area contributed by atoms with Crippen LogP contribution in [-0.2, 0) is 15.0 Å². The van der Waals surface area contributed by atoms with Crippen LogP contribution in [0.4, 0.5) is 0 Å². The summed E-state index contributed by atoms with van der Waals surface area (Å²) >= 11 is 4.78. The van der Waals surface area contributed by atoms with Crippen molar-refractivity contribution in [3.63, 3.8) is 0 Å². The van der Waals surface area contributed by atoms with Crippen LogP contribution in [0.25, 0.3) is 0 Å². The van der Waals surface area contributed by atoms with Gasteiger partial charge in [-0.15, -0.1) is 0 Å². The zero-order valence-electron chi connectivity index (χ0n) is 8.04. The van der Waals surface area contributed by atoms with E-state index in [4.69, 9.17) is 20.2 Å². The first-order chi connectivity index (χ1) is 7.29. The Hall–Kier alpha value is -1.47. The number of benzene rings is 1. The van der Waals surface area contributed by atoms with E-state index in [1.807, 2.05) is 30.3 Å². The van der Waals surface area contributed by atoms with Gasteiger partial charge in [0.25, 0.3) is 0 Å². The normalized spacial score (nSPS) is 11.7. The summed E-state index contributed by atoms with van der Waals surface area (Å²) in [5.41, 5.74) is 1.21. The second-order valence-corrected chi connectivity index (χ2v) is 3.26. The van der Waals surface area contributed by atoms with Crippen molar-refractivity contribution in [2.75, 3.05) is 0 Å². The molecule has 0 aliphatic heterocycles. The fraction of sp³-hybridized carbons (Fsp3) is 0. The maximum atomic E-state index is 8.90. The summed E-state index contributed by atoms with van der Waals surface area (Å²) < 4.78 is 0.517. The van der Waals surface area contributed by atoms with Crippen LogP contribution in [0.3, 0.4) is 0 Å². The van der Waals surface area contributed by atoms with E-state index in [-0.39, 0.29) is 0 Å². The molecule has 15 heavy (non-hydrogen) atoms. The van der Waals surface area contributed by atoms with Crippen LogP contribution in [0, 0.1) is 0 Å². The summed E-state index contributed by atoms with van der Waals surface area (Å²) in [6.45, 7) is 3.55. The van der Waals surface area contributed by atoms with Gasteiger partial charge < -0.3 is 0 Å². The standard InChI is InChI=1S/C12H11NO.Ni/c1-2-3-5-10-12(13-14)11-8-6-4-7-9-11;/h2-9,14H,1H2;/b5-3-,13-12-;. The van der Waals surface area contributed by atoms with E-state index in [0.717, 1.165) is 5.56 Å². The van der Waals surface area contributed by atoms with Crippen molar-refractivity contribution in [3.8, 4) is 0 Å². The van der Waals surface area contributed by atoms with E-state index in [2.05, 4.69) is 11.7 Å². The quantitative estimate of drug-likeness (QED) is 0.285. The van der Waals surface area contributed by atoms with E-state index < -0.39 is 0 Å². The molecule has 0 unspecified atom stereocenters. The number of hydrogen-bond acceptors (Lipinski definition) is 2. The Kier molecular flexibility index (Phi) is 4.72. The maximum absolute atomic E-state index is 8.90. The summed E-state index contributed by atoms with van der Waals surface area (Å²) in [6.07, 6.45) is 5.03. The summed E-state index contributed by atoms with van der Waals surface area (Å²) in [7, 11) is 0. The molecule has 0 aromatic heterocycles. The number of allylic oxidation sites excluding steroid dienone is 3. The summed E-state index contributed by atoms with van der Waals surface area (Å²) in [5, 5.41) is 12.1. The third-order valence-corrected chi connectivity index (χ3v) is 2.13. The van der Waals surface area contributed by atoms with Gasteiger partial charge in [0.2, 0.25) is 0 Å². The molecular weight excluding hydrogens is 233 g/mol. The topological polar surface area (TPSA) is 32.6 Å². The number of nitrogens with zero attached hydrogens (tertiary/aromatic N) is 1. The molecule has 0 atom stereocenters. The average molecular weight is 244 g/mol. The van der Waals surface area contributed by atoms with E-state index in [1.54, 1.807) is 18.2 Å². The Balaban J connectivity index is 2.96. The van der Waals surface area contributed by atoms with Gasteiger partial charge in [0, 0.05) is 0 Å².